The Hall–Kier alpha value is -3.78. The molecule has 7 nitrogen and oxygen atoms in total. The highest BCUT2D eigenvalue weighted by molar-refractivity contribution is 9.10. The molecule has 1 heterocycles. The SMILES string of the molecule is CC(=O)Nc1ccccc1-c1nc2ccccc2n(CC(=O)Nc2ccccc2Br)c1=O. The van der Waals surface area contributed by atoms with Crippen LogP contribution in [0.15, 0.2) is 82.1 Å². The zero-order chi connectivity index (χ0) is 22.7. The average molecular weight is 491 g/mol. The van der Waals surface area contributed by atoms with Crippen molar-refractivity contribution in [3.05, 3.63) is 87.6 Å². The number of hydrogen-bond acceptors (Lipinski definition) is 4. The summed E-state index contributed by atoms with van der Waals surface area (Å²) in [4.78, 5) is 42.5. The van der Waals surface area contributed by atoms with E-state index in [0.29, 0.717) is 28.0 Å². The first kappa shape index (κ1) is 21.5. The highest BCUT2D eigenvalue weighted by Gasteiger charge is 2.18. The highest BCUT2D eigenvalue weighted by Crippen LogP contribution is 2.26. The van der Waals surface area contributed by atoms with Gasteiger partial charge in [0.1, 0.15) is 12.2 Å². The molecule has 0 radical (unpaired) electrons. The van der Waals surface area contributed by atoms with Crippen LogP contribution >= 0.6 is 15.9 Å². The summed E-state index contributed by atoms with van der Waals surface area (Å²) >= 11 is 3.41. The summed E-state index contributed by atoms with van der Waals surface area (Å²) in [6.45, 7) is 1.20. The number of nitrogens with one attached hydrogen (secondary N) is 2. The number of para-hydroxylation sites is 4. The number of carbonyl (C=O) groups is 2. The van der Waals surface area contributed by atoms with Gasteiger partial charge in [-0.25, -0.2) is 4.98 Å². The van der Waals surface area contributed by atoms with Crippen LogP contribution in [0, 0.1) is 0 Å². The molecule has 3 aromatic carbocycles. The van der Waals surface area contributed by atoms with E-state index in [-0.39, 0.29) is 24.1 Å². The van der Waals surface area contributed by atoms with Crippen LogP contribution in [0.5, 0.6) is 0 Å². The minimum atomic E-state index is -0.427. The highest BCUT2D eigenvalue weighted by atomic mass is 79.9. The normalized spacial score (nSPS) is 10.7. The van der Waals surface area contributed by atoms with Crippen molar-refractivity contribution in [1.29, 1.82) is 0 Å². The summed E-state index contributed by atoms with van der Waals surface area (Å²) in [5.74, 6) is -0.608. The first-order valence-corrected chi connectivity index (χ1v) is 10.6. The zero-order valence-corrected chi connectivity index (χ0v) is 18.7. The summed E-state index contributed by atoms with van der Waals surface area (Å²) in [7, 11) is 0. The molecule has 0 unspecified atom stereocenters. The Kier molecular flexibility index (Phi) is 6.13. The molecule has 0 saturated carbocycles. The van der Waals surface area contributed by atoms with Gasteiger partial charge in [0.05, 0.1) is 22.4 Å². The summed E-state index contributed by atoms with van der Waals surface area (Å²) in [6, 6.07) is 21.3. The molecule has 2 amide bonds. The fourth-order valence-electron chi connectivity index (χ4n) is 3.41. The fourth-order valence-corrected chi connectivity index (χ4v) is 3.79. The number of nitrogens with zero attached hydrogens (tertiary/aromatic N) is 2. The first-order chi connectivity index (χ1) is 15.4. The van der Waals surface area contributed by atoms with Crippen molar-refractivity contribution in [1.82, 2.24) is 9.55 Å². The third kappa shape index (κ3) is 4.45. The number of halogens is 1. The Bertz CT molecular complexity index is 1400. The van der Waals surface area contributed by atoms with E-state index in [4.69, 9.17) is 0 Å². The van der Waals surface area contributed by atoms with Gasteiger partial charge in [0.15, 0.2) is 0 Å². The minimum absolute atomic E-state index is 0.154. The van der Waals surface area contributed by atoms with Gasteiger partial charge in [-0.05, 0) is 46.3 Å². The molecule has 32 heavy (non-hydrogen) atoms. The maximum absolute atomic E-state index is 13.5. The molecule has 0 aliphatic rings. The second-order valence-corrected chi connectivity index (χ2v) is 7.95. The monoisotopic (exact) mass is 490 g/mol. The standard InChI is InChI=1S/C24H19BrN4O3/c1-15(30)26-18-10-4-2-8-16(18)23-24(32)29(21-13-7-6-12-20(21)28-23)14-22(31)27-19-11-5-3-9-17(19)25/h2-13H,14H2,1H3,(H,26,30)(H,27,31). The van der Waals surface area contributed by atoms with Crippen LogP contribution in [0.2, 0.25) is 0 Å². The number of rotatable bonds is 5. The molecule has 0 aliphatic heterocycles. The molecular weight excluding hydrogens is 472 g/mol. The summed E-state index contributed by atoms with van der Waals surface area (Å²) < 4.78 is 2.14. The summed E-state index contributed by atoms with van der Waals surface area (Å²) in [6.07, 6.45) is 0. The average Bonchev–Trinajstić information content (AvgIpc) is 2.77. The van der Waals surface area contributed by atoms with E-state index in [1.54, 1.807) is 48.5 Å². The first-order valence-electron chi connectivity index (χ1n) is 9.85. The predicted octanol–water partition coefficient (Wildman–Crippen LogP) is 4.42. The molecular formula is C24H19BrN4O3. The maximum Gasteiger partial charge on any atom is 0.278 e. The molecule has 0 saturated heterocycles. The van der Waals surface area contributed by atoms with E-state index in [9.17, 15) is 14.4 Å². The molecule has 0 fully saturated rings. The number of fused-ring (bicyclic) bond motifs is 1. The topological polar surface area (TPSA) is 93.1 Å². The van der Waals surface area contributed by atoms with Gasteiger partial charge in [0, 0.05) is 17.0 Å². The van der Waals surface area contributed by atoms with Gasteiger partial charge in [-0.3, -0.25) is 19.0 Å². The van der Waals surface area contributed by atoms with Crippen molar-refractivity contribution in [2.24, 2.45) is 0 Å². The lowest BCUT2D eigenvalue weighted by atomic mass is 10.1. The predicted molar refractivity (Wildman–Crippen MR) is 129 cm³/mol. The molecule has 2 N–H and O–H groups in total. The van der Waals surface area contributed by atoms with Gasteiger partial charge >= 0.3 is 0 Å². The Balaban J connectivity index is 1.81. The van der Waals surface area contributed by atoms with Crippen LogP contribution in [0.1, 0.15) is 6.92 Å². The van der Waals surface area contributed by atoms with Crippen LogP contribution in [0.4, 0.5) is 11.4 Å². The second kappa shape index (κ2) is 9.15. The number of hydrogen-bond donors (Lipinski definition) is 2. The van der Waals surface area contributed by atoms with E-state index < -0.39 is 5.56 Å². The van der Waals surface area contributed by atoms with Gasteiger partial charge in [0.25, 0.3) is 5.56 Å². The molecule has 1 aromatic heterocycles. The molecule has 160 valence electrons. The van der Waals surface area contributed by atoms with Crippen molar-refractivity contribution < 1.29 is 9.59 Å². The lowest BCUT2D eigenvalue weighted by molar-refractivity contribution is -0.117. The maximum atomic E-state index is 13.5. The molecule has 0 spiro atoms. The van der Waals surface area contributed by atoms with Crippen LogP contribution in [-0.2, 0) is 16.1 Å². The third-order valence-electron chi connectivity index (χ3n) is 4.80. The molecule has 0 bridgehead atoms. The van der Waals surface area contributed by atoms with Crippen LogP contribution in [-0.4, -0.2) is 21.4 Å². The van der Waals surface area contributed by atoms with Crippen molar-refractivity contribution >= 4 is 50.2 Å². The zero-order valence-electron chi connectivity index (χ0n) is 17.1. The smallest absolute Gasteiger partial charge is 0.278 e. The third-order valence-corrected chi connectivity index (χ3v) is 5.49. The molecule has 4 aromatic rings. The van der Waals surface area contributed by atoms with Gasteiger partial charge in [0.2, 0.25) is 11.8 Å². The Morgan fingerprint density at radius 2 is 1.56 bits per heavy atom. The van der Waals surface area contributed by atoms with Crippen LogP contribution < -0.4 is 16.2 Å². The Morgan fingerprint density at radius 1 is 0.906 bits per heavy atom. The van der Waals surface area contributed by atoms with Gasteiger partial charge in [-0.1, -0.05) is 42.5 Å². The van der Waals surface area contributed by atoms with Gasteiger partial charge < -0.3 is 10.6 Å². The van der Waals surface area contributed by atoms with Gasteiger partial charge in [-0.15, -0.1) is 0 Å². The summed E-state index contributed by atoms with van der Waals surface area (Å²) in [5.41, 5.74) is 2.40. The molecule has 4 rings (SSSR count). The Labute approximate surface area is 192 Å². The number of anilines is 2. The van der Waals surface area contributed by atoms with Crippen molar-refractivity contribution in [2.45, 2.75) is 13.5 Å². The van der Waals surface area contributed by atoms with Crippen LogP contribution in [0.3, 0.4) is 0 Å². The van der Waals surface area contributed by atoms with E-state index >= 15 is 0 Å². The van der Waals surface area contributed by atoms with Gasteiger partial charge in [-0.2, -0.15) is 0 Å². The Morgan fingerprint density at radius 3 is 2.31 bits per heavy atom. The summed E-state index contributed by atoms with van der Waals surface area (Å²) in [5, 5.41) is 5.56. The van der Waals surface area contributed by atoms with Crippen molar-refractivity contribution in [3.63, 3.8) is 0 Å². The quantitative estimate of drug-likeness (QED) is 0.432. The lowest BCUT2D eigenvalue weighted by Gasteiger charge is -2.15. The van der Waals surface area contributed by atoms with E-state index in [1.165, 1.54) is 11.5 Å². The van der Waals surface area contributed by atoms with Crippen molar-refractivity contribution in [2.75, 3.05) is 10.6 Å². The van der Waals surface area contributed by atoms with E-state index in [0.717, 1.165) is 4.47 Å². The number of amides is 2. The number of benzene rings is 3. The van der Waals surface area contributed by atoms with E-state index in [2.05, 4.69) is 31.5 Å². The van der Waals surface area contributed by atoms with Crippen molar-refractivity contribution in [3.8, 4) is 11.3 Å². The van der Waals surface area contributed by atoms with E-state index in [1.807, 2.05) is 24.3 Å². The largest absolute Gasteiger partial charge is 0.326 e. The molecule has 0 atom stereocenters. The number of carbonyl (C=O) groups excluding carboxylic acids is 2. The second-order valence-electron chi connectivity index (χ2n) is 7.10. The lowest BCUT2D eigenvalue weighted by Crippen LogP contribution is -2.30. The minimum Gasteiger partial charge on any atom is -0.326 e. The molecule has 0 aliphatic carbocycles. The molecule has 8 heteroatoms. The number of aromatic nitrogens is 2. The van der Waals surface area contributed by atoms with Crippen LogP contribution in [0.25, 0.3) is 22.3 Å². The fraction of sp³-hybridized carbons (Fsp3) is 0.0833.